The molecule has 26 heavy (non-hydrogen) atoms. The zero-order valence-electron chi connectivity index (χ0n) is 14.5. The summed E-state index contributed by atoms with van der Waals surface area (Å²) >= 11 is 0. The molecule has 0 saturated heterocycles. The Morgan fingerprint density at radius 2 is 1.88 bits per heavy atom. The van der Waals surface area contributed by atoms with Gasteiger partial charge >= 0.3 is 0 Å². The molecule has 0 aromatic heterocycles. The lowest BCUT2D eigenvalue weighted by molar-refractivity contribution is -0.384. The van der Waals surface area contributed by atoms with Crippen LogP contribution in [0.15, 0.2) is 53.4 Å². The zero-order valence-corrected chi connectivity index (χ0v) is 15.3. The number of para-hydroxylation sites is 1. The van der Waals surface area contributed by atoms with Crippen LogP contribution in [0.4, 0.5) is 17.1 Å². The van der Waals surface area contributed by atoms with Crippen molar-refractivity contribution in [3.8, 4) is 0 Å². The van der Waals surface area contributed by atoms with Crippen LogP contribution in [0.25, 0.3) is 0 Å². The third-order valence-corrected chi connectivity index (χ3v) is 5.57. The first-order chi connectivity index (χ1) is 12.3. The van der Waals surface area contributed by atoms with Gasteiger partial charge in [-0.05, 0) is 38.1 Å². The van der Waals surface area contributed by atoms with E-state index in [1.54, 1.807) is 37.3 Å². The predicted octanol–water partition coefficient (Wildman–Crippen LogP) is 2.60. The fraction of sp³-hybridized carbons (Fsp3) is 0.294. The number of hydrogen-bond acceptors (Lipinski definition) is 6. The normalized spacial score (nSPS) is 12.4. The van der Waals surface area contributed by atoms with Crippen molar-refractivity contribution in [3.05, 3.63) is 58.6 Å². The van der Waals surface area contributed by atoms with Gasteiger partial charge in [0.2, 0.25) is 0 Å². The van der Waals surface area contributed by atoms with Crippen molar-refractivity contribution in [1.82, 2.24) is 0 Å². The lowest BCUT2D eigenvalue weighted by Crippen LogP contribution is -2.30. The Morgan fingerprint density at radius 1 is 1.23 bits per heavy atom. The molecule has 0 heterocycles. The molecule has 2 aromatic carbocycles. The van der Waals surface area contributed by atoms with Gasteiger partial charge in [-0.2, -0.15) is 0 Å². The molecule has 2 rings (SSSR count). The number of nitro benzene ring substituents is 1. The summed E-state index contributed by atoms with van der Waals surface area (Å²) < 4.78 is 27.1. The Labute approximate surface area is 152 Å². The van der Waals surface area contributed by atoms with Crippen LogP contribution in [-0.4, -0.2) is 37.6 Å². The number of sulfonamides is 1. The van der Waals surface area contributed by atoms with Crippen LogP contribution < -0.4 is 9.62 Å². The third kappa shape index (κ3) is 4.30. The maximum atomic E-state index is 13.0. The Balaban J connectivity index is 2.46. The molecule has 0 fully saturated rings. The molecule has 1 atom stereocenters. The van der Waals surface area contributed by atoms with E-state index in [9.17, 15) is 23.6 Å². The Kier molecular flexibility index (Phi) is 6.17. The molecule has 0 aliphatic carbocycles. The minimum Gasteiger partial charge on any atom is -0.392 e. The third-order valence-electron chi connectivity index (χ3n) is 3.67. The van der Waals surface area contributed by atoms with E-state index >= 15 is 0 Å². The second-order valence-corrected chi connectivity index (χ2v) is 7.53. The zero-order chi connectivity index (χ0) is 19.3. The van der Waals surface area contributed by atoms with Gasteiger partial charge in [0.05, 0.1) is 21.6 Å². The molecular weight excluding hydrogens is 358 g/mol. The molecule has 0 spiro atoms. The van der Waals surface area contributed by atoms with Crippen LogP contribution in [-0.2, 0) is 10.0 Å². The monoisotopic (exact) mass is 379 g/mol. The summed E-state index contributed by atoms with van der Waals surface area (Å²) in [6.45, 7) is 3.52. The maximum Gasteiger partial charge on any atom is 0.293 e. The van der Waals surface area contributed by atoms with Crippen LogP contribution in [0.2, 0.25) is 0 Å². The molecule has 2 aromatic rings. The highest BCUT2D eigenvalue weighted by Gasteiger charge is 2.27. The van der Waals surface area contributed by atoms with E-state index in [0.717, 1.165) is 6.07 Å². The van der Waals surface area contributed by atoms with Crippen molar-refractivity contribution >= 4 is 27.1 Å². The summed E-state index contributed by atoms with van der Waals surface area (Å²) in [5.41, 5.74) is 0.266. The maximum absolute atomic E-state index is 13.0. The van der Waals surface area contributed by atoms with Crippen molar-refractivity contribution in [3.63, 3.8) is 0 Å². The lowest BCUT2D eigenvalue weighted by Gasteiger charge is -2.23. The van der Waals surface area contributed by atoms with Crippen molar-refractivity contribution in [2.75, 3.05) is 22.7 Å². The average Bonchev–Trinajstić information content (AvgIpc) is 2.61. The van der Waals surface area contributed by atoms with Gasteiger partial charge in [0.15, 0.2) is 0 Å². The van der Waals surface area contributed by atoms with E-state index in [0.29, 0.717) is 5.69 Å². The van der Waals surface area contributed by atoms with Crippen LogP contribution in [0.1, 0.15) is 13.8 Å². The van der Waals surface area contributed by atoms with Crippen LogP contribution in [0, 0.1) is 10.1 Å². The first-order valence-electron chi connectivity index (χ1n) is 8.05. The van der Waals surface area contributed by atoms with Gasteiger partial charge in [-0.15, -0.1) is 0 Å². The summed E-state index contributed by atoms with van der Waals surface area (Å²) in [5, 5.41) is 23.4. The van der Waals surface area contributed by atoms with E-state index in [1.165, 1.54) is 23.4 Å². The largest absolute Gasteiger partial charge is 0.392 e. The molecule has 0 saturated carbocycles. The van der Waals surface area contributed by atoms with E-state index in [2.05, 4.69) is 5.32 Å². The van der Waals surface area contributed by atoms with Crippen LogP contribution >= 0.6 is 0 Å². The van der Waals surface area contributed by atoms with Crippen LogP contribution in [0.5, 0.6) is 0 Å². The average molecular weight is 379 g/mol. The first kappa shape index (κ1) is 19.7. The number of aliphatic hydroxyl groups excluding tert-OH is 1. The Bertz CT molecular complexity index is 869. The number of aliphatic hydroxyl groups is 1. The first-order valence-corrected chi connectivity index (χ1v) is 9.49. The van der Waals surface area contributed by atoms with Gasteiger partial charge in [0, 0.05) is 19.2 Å². The summed E-state index contributed by atoms with van der Waals surface area (Å²) in [7, 11) is -3.96. The second kappa shape index (κ2) is 8.15. The molecule has 0 radical (unpaired) electrons. The lowest BCUT2D eigenvalue weighted by atomic mass is 10.2. The van der Waals surface area contributed by atoms with E-state index in [4.69, 9.17) is 0 Å². The minimum absolute atomic E-state index is 0.109. The van der Waals surface area contributed by atoms with E-state index < -0.39 is 21.1 Å². The number of hydrogen-bond donors (Lipinski definition) is 2. The van der Waals surface area contributed by atoms with E-state index in [-0.39, 0.29) is 29.4 Å². The van der Waals surface area contributed by atoms with Gasteiger partial charge in [0.25, 0.3) is 15.7 Å². The van der Waals surface area contributed by atoms with Gasteiger partial charge in [-0.25, -0.2) is 8.42 Å². The van der Waals surface area contributed by atoms with Gasteiger partial charge in [-0.1, -0.05) is 18.2 Å². The predicted molar refractivity (Wildman–Crippen MR) is 99.9 cm³/mol. The fourth-order valence-corrected chi connectivity index (χ4v) is 3.94. The highest BCUT2D eigenvalue weighted by atomic mass is 32.2. The topological polar surface area (TPSA) is 113 Å². The minimum atomic E-state index is -3.96. The number of nitro groups is 1. The SMILES string of the molecule is CCN(c1ccccc1)S(=O)(=O)c1ccc(NC[C@@H](C)O)c([N+](=O)[O-])c1. The molecule has 9 heteroatoms. The molecule has 0 amide bonds. The quantitative estimate of drug-likeness (QED) is 0.538. The Morgan fingerprint density at radius 3 is 2.42 bits per heavy atom. The van der Waals surface area contributed by atoms with Crippen molar-refractivity contribution < 1.29 is 18.4 Å². The molecular formula is C17H21N3O5S. The molecule has 8 nitrogen and oxygen atoms in total. The highest BCUT2D eigenvalue weighted by molar-refractivity contribution is 7.92. The van der Waals surface area contributed by atoms with Gasteiger partial charge < -0.3 is 10.4 Å². The number of nitrogens with zero attached hydrogens (tertiary/aromatic N) is 2. The van der Waals surface area contributed by atoms with Gasteiger partial charge in [-0.3, -0.25) is 14.4 Å². The summed E-state index contributed by atoms with van der Waals surface area (Å²) in [6.07, 6.45) is -0.702. The smallest absolute Gasteiger partial charge is 0.293 e. The molecule has 0 bridgehead atoms. The molecule has 140 valence electrons. The molecule has 0 unspecified atom stereocenters. The number of anilines is 2. The van der Waals surface area contributed by atoms with Crippen LogP contribution in [0.3, 0.4) is 0 Å². The molecule has 0 aliphatic heterocycles. The van der Waals surface area contributed by atoms with E-state index in [1.807, 2.05) is 0 Å². The highest BCUT2D eigenvalue weighted by Crippen LogP contribution is 2.30. The fourth-order valence-electron chi connectivity index (χ4n) is 2.44. The second-order valence-electron chi connectivity index (χ2n) is 5.67. The molecule has 2 N–H and O–H groups in total. The number of nitrogens with one attached hydrogen (secondary N) is 1. The summed E-state index contributed by atoms with van der Waals surface area (Å²) in [5.74, 6) is 0. The van der Waals surface area contributed by atoms with Crippen molar-refractivity contribution in [2.45, 2.75) is 24.8 Å². The summed E-state index contributed by atoms with van der Waals surface area (Å²) in [6, 6.07) is 12.2. The number of rotatable bonds is 8. The van der Waals surface area contributed by atoms with Gasteiger partial charge in [0.1, 0.15) is 5.69 Å². The standard InChI is InChI=1S/C17H21N3O5S/c1-3-19(14-7-5-4-6-8-14)26(24,25)15-9-10-16(18-12-13(2)21)17(11-15)20(22)23/h4-11,13,18,21H,3,12H2,1-2H3/t13-/m1/s1. The molecule has 0 aliphatic rings. The van der Waals surface area contributed by atoms with Crippen molar-refractivity contribution in [2.24, 2.45) is 0 Å². The Hall–Kier alpha value is -2.65. The summed E-state index contributed by atoms with van der Waals surface area (Å²) in [4.78, 5) is 10.5. The number of benzene rings is 2. The van der Waals surface area contributed by atoms with Crippen molar-refractivity contribution in [1.29, 1.82) is 0 Å².